The van der Waals surface area contributed by atoms with Crippen molar-refractivity contribution in [2.24, 2.45) is 0 Å². The van der Waals surface area contributed by atoms with Gasteiger partial charge in [-0.2, -0.15) is 0 Å². The van der Waals surface area contributed by atoms with Gasteiger partial charge in [-0.15, -0.1) is 0 Å². The molecule has 5 heteroatoms. The van der Waals surface area contributed by atoms with E-state index < -0.39 is 0 Å². The molecule has 0 aromatic carbocycles. The molecule has 0 unspecified atom stereocenters. The lowest BCUT2D eigenvalue weighted by Crippen LogP contribution is -2.20. The number of anilines is 1. The van der Waals surface area contributed by atoms with Gasteiger partial charge in [0.25, 0.3) is 5.56 Å². The van der Waals surface area contributed by atoms with E-state index in [1.54, 1.807) is 5.06 Å². The van der Waals surface area contributed by atoms with Crippen molar-refractivity contribution in [2.45, 2.75) is 6.42 Å². The summed E-state index contributed by atoms with van der Waals surface area (Å²) in [7, 11) is 0. The summed E-state index contributed by atoms with van der Waals surface area (Å²) in [5.74, 6) is 0.580. The minimum Gasteiger partial charge on any atom is -0.313 e. The molecule has 64 valence electrons. The molecule has 1 aromatic heterocycles. The van der Waals surface area contributed by atoms with Crippen molar-refractivity contribution in [1.82, 2.24) is 9.97 Å². The molecule has 1 fully saturated rings. The zero-order valence-electron chi connectivity index (χ0n) is 6.49. The molecule has 2 rings (SSSR count). The lowest BCUT2D eigenvalue weighted by atomic mass is 10.4. The van der Waals surface area contributed by atoms with Crippen LogP contribution in [0.1, 0.15) is 6.42 Å². The van der Waals surface area contributed by atoms with E-state index in [2.05, 4.69) is 9.97 Å². The van der Waals surface area contributed by atoms with Crippen molar-refractivity contribution < 1.29 is 4.84 Å². The molecule has 0 radical (unpaired) electrons. The second kappa shape index (κ2) is 2.94. The topological polar surface area (TPSA) is 58.2 Å². The summed E-state index contributed by atoms with van der Waals surface area (Å²) in [6, 6.07) is 1.42. The van der Waals surface area contributed by atoms with Crippen LogP contribution in [0.25, 0.3) is 0 Å². The van der Waals surface area contributed by atoms with Crippen LogP contribution >= 0.6 is 0 Å². The summed E-state index contributed by atoms with van der Waals surface area (Å²) in [4.78, 5) is 22.5. The fraction of sp³-hybridized carbons (Fsp3) is 0.429. The summed E-state index contributed by atoms with van der Waals surface area (Å²) < 4.78 is 0. The Hall–Kier alpha value is -1.36. The number of rotatable bonds is 1. The molecule has 0 aliphatic carbocycles. The lowest BCUT2D eigenvalue weighted by molar-refractivity contribution is 0.166. The summed E-state index contributed by atoms with van der Waals surface area (Å²) in [5, 5.41) is 1.63. The Labute approximate surface area is 68.9 Å². The molecule has 0 spiro atoms. The third kappa shape index (κ3) is 1.31. The van der Waals surface area contributed by atoms with Gasteiger partial charge in [-0.3, -0.25) is 9.63 Å². The van der Waals surface area contributed by atoms with E-state index in [0.717, 1.165) is 13.0 Å². The Morgan fingerprint density at radius 3 is 3.25 bits per heavy atom. The van der Waals surface area contributed by atoms with Gasteiger partial charge in [0.15, 0.2) is 5.82 Å². The van der Waals surface area contributed by atoms with Gasteiger partial charge in [0.05, 0.1) is 12.9 Å². The van der Waals surface area contributed by atoms with Gasteiger partial charge in [0.2, 0.25) is 0 Å². The first kappa shape index (κ1) is 7.30. The van der Waals surface area contributed by atoms with Crippen LogP contribution in [0, 0.1) is 0 Å². The first-order chi connectivity index (χ1) is 5.86. The zero-order chi connectivity index (χ0) is 8.39. The Kier molecular flexibility index (Phi) is 1.79. The van der Waals surface area contributed by atoms with Crippen LogP contribution in [-0.4, -0.2) is 23.1 Å². The normalized spacial score (nSPS) is 16.8. The van der Waals surface area contributed by atoms with E-state index in [4.69, 9.17) is 4.84 Å². The molecule has 1 aromatic rings. The highest BCUT2D eigenvalue weighted by atomic mass is 16.7. The number of hydroxylamine groups is 1. The van der Waals surface area contributed by atoms with Gasteiger partial charge < -0.3 is 4.98 Å². The van der Waals surface area contributed by atoms with Crippen molar-refractivity contribution in [3.63, 3.8) is 0 Å². The third-order valence-corrected chi connectivity index (χ3v) is 1.67. The number of aromatic amines is 1. The molecule has 1 N–H and O–H groups in total. The quantitative estimate of drug-likeness (QED) is 0.635. The SMILES string of the molecule is O=c1cc(N2CCCO2)nc[nH]1. The number of H-pyrrole nitrogens is 1. The van der Waals surface area contributed by atoms with Gasteiger partial charge in [-0.05, 0) is 6.42 Å². The van der Waals surface area contributed by atoms with E-state index >= 15 is 0 Å². The highest BCUT2D eigenvalue weighted by molar-refractivity contribution is 5.33. The maximum Gasteiger partial charge on any atom is 0.252 e. The molecule has 5 nitrogen and oxygen atoms in total. The summed E-state index contributed by atoms with van der Waals surface area (Å²) in [6.45, 7) is 1.50. The Morgan fingerprint density at radius 2 is 2.58 bits per heavy atom. The monoisotopic (exact) mass is 167 g/mol. The highest BCUT2D eigenvalue weighted by Gasteiger charge is 2.14. The number of nitrogens with zero attached hydrogens (tertiary/aromatic N) is 2. The Bertz CT molecular complexity index is 316. The predicted octanol–water partition coefficient (Wildman–Crippen LogP) is -0.0884. The molecule has 1 aliphatic heterocycles. The molecule has 1 aliphatic rings. The average molecular weight is 167 g/mol. The second-order valence-corrected chi connectivity index (χ2v) is 2.56. The molecular formula is C7H9N3O2. The number of aromatic nitrogens is 2. The van der Waals surface area contributed by atoms with Gasteiger partial charge >= 0.3 is 0 Å². The summed E-state index contributed by atoms with van der Waals surface area (Å²) in [5.41, 5.74) is -0.157. The maximum atomic E-state index is 10.9. The first-order valence-corrected chi connectivity index (χ1v) is 3.81. The van der Waals surface area contributed by atoms with Crippen LogP contribution < -0.4 is 10.6 Å². The van der Waals surface area contributed by atoms with Gasteiger partial charge in [0.1, 0.15) is 0 Å². The molecule has 0 bridgehead atoms. The van der Waals surface area contributed by atoms with E-state index in [1.165, 1.54) is 12.4 Å². The highest BCUT2D eigenvalue weighted by Crippen LogP contribution is 2.12. The Morgan fingerprint density at radius 1 is 1.67 bits per heavy atom. The second-order valence-electron chi connectivity index (χ2n) is 2.56. The van der Waals surface area contributed by atoms with Crippen molar-refractivity contribution in [3.8, 4) is 0 Å². The van der Waals surface area contributed by atoms with E-state index in [1.807, 2.05) is 0 Å². The van der Waals surface area contributed by atoms with E-state index in [9.17, 15) is 4.79 Å². The van der Waals surface area contributed by atoms with Crippen molar-refractivity contribution in [3.05, 3.63) is 22.7 Å². The fourth-order valence-corrected chi connectivity index (χ4v) is 1.12. The minimum atomic E-state index is -0.157. The van der Waals surface area contributed by atoms with Crippen molar-refractivity contribution >= 4 is 5.82 Å². The molecular weight excluding hydrogens is 158 g/mol. The summed E-state index contributed by atoms with van der Waals surface area (Å²) in [6.07, 6.45) is 2.35. The van der Waals surface area contributed by atoms with Gasteiger partial charge in [-0.1, -0.05) is 0 Å². The smallest absolute Gasteiger partial charge is 0.252 e. The van der Waals surface area contributed by atoms with Crippen LogP contribution in [-0.2, 0) is 4.84 Å². The van der Waals surface area contributed by atoms with E-state index in [-0.39, 0.29) is 5.56 Å². The fourth-order valence-electron chi connectivity index (χ4n) is 1.12. The number of hydrogen-bond acceptors (Lipinski definition) is 4. The zero-order valence-corrected chi connectivity index (χ0v) is 6.49. The average Bonchev–Trinajstić information content (AvgIpc) is 2.56. The lowest BCUT2D eigenvalue weighted by Gasteiger charge is -2.12. The molecule has 0 amide bonds. The van der Waals surface area contributed by atoms with Crippen LogP contribution in [0.5, 0.6) is 0 Å². The molecule has 1 saturated heterocycles. The van der Waals surface area contributed by atoms with Crippen molar-refractivity contribution in [1.29, 1.82) is 0 Å². The number of nitrogens with one attached hydrogen (secondary N) is 1. The summed E-state index contributed by atoms with van der Waals surface area (Å²) >= 11 is 0. The van der Waals surface area contributed by atoms with E-state index in [0.29, 0.717) is 12.4 Å². The molecule has 0 saturated carbocycles. The Balaban J connectivity index is 2.27. The largest absolute Gasteiger partial charge is 0.313 e. The van der Waals surface area contributed by atoms with Gasteiger partial charge in [0, 0.05) is 12.6 Å². The number of hydrogen-bond donors (Lipinski definition) is 1. The van der Waals surface area contributed by atoms with Gasteiger partial charge in [-0.25, -0.2) is 10.0 Å². The standard InChI is InChI=1S/C7H9N3O2/c11-7-4-6(8-5-9-7)10-2-1-3-12-10/h4-5H,1-3H2,(H,8,9,11). The minimum absolute atomic E-state index is 0.157. The predicted molar refractivity (Wildman–Crippen MR) is 42.8 cm³/mol. The molecule has 2 heterocycles. The van der Waals surface area contributed by atoms with Crippen LogP contribution in [0.4, 0.5) is 5.82 Å². The third-order valence-electron chi connectivity index (χ3n) is 1.67. The molecule has 0 atom stereocenters. The molecule has 12 heavy (non-hydrogen) atoms. The van der Waals surface area contributed by atoms with Crippen LogP contribution in [0.15, 0.2) is 17.2 Å². The van der Waals surface area contributed by atoms with Crippen LogP contribution in [0.3, 0.4) is 0 Å². The van der Waals surface area contributed by atoms with Crippen LogP contribution in [0.2, 0.25) is 0 Å². The van der Waals surface area contributed by atoms with Crippen molar-refractivity contribution in [2.75, 3.05) is 18.2 Å². The first-order valence-electron chi connectivity index (χ1n) is 3.81. The maximum absolute atomic E-state index is 10.9.